The van der Waals surface area contributed by atoms with E-state index in [0.29, 0.717) is 22.9 Å². The van der Waals surface area contributed by atoms with E-state index in [-0.39, 0.29) is 5.78 Å². The monoisotopic (exact) mass is 244 g/mol. The molecule has 1 aliphatic heterocycles. The first-order valence-corrected chi connectivity index (χ1v) is 5.43. The number of hydrogen-bond donors (Lipinski definition) is 4. The first-order valence-electron chi connectivity index (χ1n) is 5.43. The molecule has 0 spiro atoms. The molecule has 0 amide bonds. The number of nitrogens with one attached hydrogen (secondary N) is 3. The van der Waals surface area contributed by atoms with Gasteiger partial charge in [-0.3, -0.25) is 20.7 Å². The molecule has 1 aromatic heterocycles. The van der Waals surface area contributed by atoms with Gasteiger partial charge in [-0.15, -0.1) is 0 Å². The molecule has 0 atom stereocenters. The van der Waals surface area contributed by atoms with Crippen LogP contribution in [0.4, 0.5) is 23.0 Å². The lowest BCUT2D eigenvalue weighted by molar-refractivity contribution is 0.101. The van der Waals surface area contributed by atoms with Gasteiger partial charge < -0.3 is 5.73 Å². The van der Waals surface area contributed by atoms with Crippen molar-refractivity contribution in [2.24, 2.45) is 0 Å². The van der Waals surface area contributed by atoms with Gasteiger partial charge in [0.15, 0.2) is 11.6 Å². The Morgan fingerprint density at radius 2 is 2.00 bits per heavy atom. The van der Waals surface area contributed by atoms with E-state index in [9.17, 15) is 4.79 Å². The van der Waals surface area contributed by atoms with Gasteiger partial charge in [0.05, 0.1) is 5.69 Å². The molecule has 7 nitrogen and oxygen atoms in total. The molecule has 2 heterocycles. The second kappa shape index (κ2) is 3.66. The van der Waals surface area contributed by atoms with Crippen molar-refractivity contribution in [2.45, 2.75) is 6.92 Å². The zero-order chi connectivity index (χ0) is 12.7. The summed E-state index contributed by atoms with van der Waals surface area (Å²) < 4.78 is 0. The fraction of sp³-hybridized carbons (Fsp3) is 0.0909. The Labute approximate surface area is 103 Å². The van der Waals surface area contributed by atoms with Crippen molar-refractivity contribution in [2.75, 3.05) is 21.7 Å². The van der Waals surface area contributed by atoms with E-state index in [1.807, 2.05) is 12.1 Å². The summed E-state index contributed by atoms with van der Waals surface area (Å²) in [6.07, 6.45) is 0. The van der Waals surface area contributed by atoms with Crippen molar-refractivity contribution >= 4 is 28.8 Å². The number of nitrogens with zero attached hydrogens (tertiary/aromatic N) is 2. The molecule has 0 aliphatic carbocycles. The zero-order valence-corrected chi connectivity index (χ0v) is 9.69. The Kier molecular flexibility index (Phi) is 2.12. The lowest BCUT2D eigenvalue weighted by atomic mass is 10.1. The number of hydrazine groups is 2. The molecule has 1 aromatic carbocycles. The summed E-state index contributed by atoms with van der Waals surface area (Å²) in [7, 11) is 0. The van der Waals surface area contributed by atoms with Crippen LogP contribution in [0.5, 0.6) is 0 Å². The van der Waals surface area contributed by atoms with Gasteiger partial charge in [0.2, 0.25) is 0 Å². The molecule has 0 fully saturated rings. The summed E-state index contributed by atoms with van der Waals surface area (Å²) >= 11 is 0. The van der Waals surface area contributed by atoms with Crippen molar-refractivity contribution in [3.63, 3.8) is 0 Å². The van der Waals surface area contributed by atoms with E-state index in [4.69, 9.17) is 5.73 Å². The van der Waals surface area contributed by atoms with Crippen molar-refractivity contribution in [3.8, 4) is 0 Å². The molecule has 0 radical (unpaired) electrons. The summed E-state index contributed by atoms with van der Waals surface area (Å²) in [6.45, 7) is 1.54. The van der Waals surface area contributed by atoms with Crippen LogP contribution in [0.15, 0.2) is 24.3 Å². The first kappa shape index (κ1) is 10.5. The number of H-pyrrole nitrogens is 1. The predicted molar refractivity (Wildman–Crippen MR) is 69.2 cm³/mol. The lowest BCUT2D eigenvalue weighted by Crippen LogP contribution is -2.30. The van der Waals surface area contributed by atoms with Crippen LogP contribution in [0, 0.1) is 0 Å². The van der Waals surface area contributed by atoms with Gasteiger partial charge in [-0.25, -0.2) is 0 Å². The van der Waals surface area contributed by atoms with Gasteiger partial charge in [-0.2, -0.15) is 10.2 Å². The number of carbonyl (C=O) groups is 1. The topological polar surface area (TPSA) is 99.1 Å². The van der Waals surface area contributed by atoms with Crippen molar-refractivity contribution in [1.82, 2.24) is 10.2 Å². The van der Waals surface area contributed by atoms with Crippen LogP contribution >= 0.6 is 0 Å². The number of carbonyl (C=O) groups excluding carboxylic acids is 1. The minimum Gasteiger partial charge on any atom is -0.382 e. The fourth-order valence-corrected chi connectivity index (χ4v) is 1.77. The van der Waals surface area contributed by atoms with Crippen LogP contribution in [-0.4, -0.2) is 16.0 Å². The number of nitrogens with two attached hydrogens (primary N) is 1. The summed E-state index contributed by atoms with van der Waals surface area (Å²) in [6, 6.07) is 7.21. The summed E-state index contributed by atoms with van der Waals surface area (Å²) in [5.74, 6) is 1.16. The highest BCUT2D eigenvalue weighted by molar-refractivity contribution is 5.94. The number of ketones is 1. The molecular weight excluding hydrogens is 232 g/mol. The third-order valence-electron chi connectivity index (χ3n) is 2.77. The maximum absolute atomic E-state index is 11.2. The maximum Gasteiger partial charge on any atom is 0.195 e. The van der Waals surface area contributed by atoms with E-state index in [2.05, 4.69) is 21.0 Å². The quantitative estimate of drug-likeness (QED) is 0.595. The van der Waals surface area contributed by atoms with Crippen molar-refractivity contribution in [1.29, 1.82) is 0 Å². The Morgan fingerprint density at radius 1 is 1.28 bits per heavy atom. The van der Waals surface area contributed by atoms with Gasteiger partial charge in [-0.1, -0.05) is 0 Å². The van der Waals surface area contributed by atoms with E-state index < -0.39 is 0 Å². The highest BCUT2D eigenvalue weighted by Crippen LogP contribution is 2.33. The predicted octanol–water partition coefficient (Wildman–Crippen LogP) is 1.37. The van der Waals surface area contributed by atoms with Gasteiger partial charge in [0.1, 0.15) is 11.5 Å². The molecule has 92 valence electrons. The highest BCUT2D eigenvalue weighted by atomic mass is 16.1. The largest absolute Gasteiger partial charge is 0.382 e. The number of rotatable bonds is 2. The van der Waals surface area contributed by atoms with Crippen molar-refractivity contribution < 1.29 is 4.79 Å². The molecule has 0 saturated heterocycles. The Morgan fingerprint density at radius 3 is 2.61 bits per heavy atom. The Bertz CT molecular complexity index is 602. The number of benzene rings is 1. The molecular formula is C11H12N6O. The summed E-state index contributed by atoms with van der Waals surface area (Å²) in [4.78, 5) is 11.2. The van der Waals surface area contributed by atoms with Gasteiger partial charge in [-0.05, 0) is 31.2 Å². The smallest absolute Gasteiger partial charge is 0.195 e. The van der Waals surface area contributed by atoms with Crippen LogP contribution in [0.1, 0.15) is 17.3 Å². The summed E-state index contributed by atoms with van der Waals surface area (Å²) in [5, 5.41) is 8.35. The number of aromatic nitrogens is 2. The second-order valence-electron chi connectivity index (χ2n) is 4.02. The average molecular weight is 244 g/mol. The number of aromatic amines is 1. The molecule has 2 aromatic rings. The van der Waals surface area contributed by atoms with Crippen molar-refractivity contribution in [3.05, 3.63) is 29.8 Å². The zero-order valence-electron chi connectivity index (χ0n) is 9.69. The number of fused-ring (bicyclic) bond motifs is 1. The number of nitrogen functional groups attached to an aromatic ring is 1. The summed E-state index contributed by atoms with van der Waals surface area (Å²) in [5.41, 5.74) is 14.1. The number of anilines is 4. The fourth-order valence-electron chi connectivity index (χ4n) is 1.77. The third-order valence-corrected chi connectivity index (χ3v) is 2.77. The molecule has 0 saturated carbocycles. The van der Waals surface area contributed by atoms with Gasteiger partial charge in [0.25, 0.3) is 0 Å². The number of hydrogen-bond acceptors (Lipinski definition) is 6. The first-order chi connectivity index (χ1) is 8.65. The Balaban J connectivity index is 1.84. The van der Waals surface area contributed by atoms with E-state index in [1.54, 1.807) is 17.3 Å². The van der Waals surface area contributed by atoms with E-state index in [0.717, 1.165) is 5.69 Å². The van der Waals surface area contributed by atoms with E-state index >= 15 is 0 Å². The third kappa shape index (κ3) is 1.53. The van der Waals surface area contributed by atoms with E-state index in [1.165, 1.54) is 6.92 Å². The van der Waals surface area contributed by atoms with Crippen LogP contribution < -0.4 is 21.7 Å². The SMILES string of the molecule is CC(=O)c1ccc(N2Nc3n[nH]c(N)c3N2)cc1. The second-order valence-corrected chi connectivity index (χ2v) is 4.02. The molecule has 18 heavy (non-hydrogen) atoms. The minimum atomic E-state index is 0.0429. The molecule has 3 rings (SSSR count). The standard InChI is InChI=1S/C11H12N6O/c1-6(18)7-2-4-8(5-3-7)17-15-9-10(12)13-14-11(9)16-17/h2-5,15H,1H3,(H4,12,13,14,16). The lowest BCUT2D eigenvalue weighted by Gasteiger charge is -2.18. The Hall–Kier alpha value is -2.70. The molecule has 0 bridgehead atoms. The normalized spacial score (nSPS) is 12.8. The molecule has 7 heteroatoms. The highest BCUT2D eigenvalue weighted by Gasteiger charge is 2.23. The van der Waals surface area contributed by atoms with Crippen LogP contribution in [-0.2, 0) is 0 Å². The average Bonchev–Trinajstić information content (AvgIpc) is 2.92. The molecule has 5 N–H and O–H groups in total. The van der Waals surface area contributed by atoms with Crippen LogP contribution in [0.3, 0.4) is 0 Å². The van der Waals surface area contributed by atoms with Crippen LogP contribution in [0.25, 0.3) is 0 Å². The van der Waals surface area contributed by atoms with Crippen LogP contribution in [0.2, 0.25) is 0 Å². The number of Topliss-reactive ketones (excluding diaryl/α,β-unsaturated/α-hetero) is 1. The van der Waals surface area contributed by atoms with Gasteiger partial charge >= 0.3 is 0 Å². The maximum atomic E-state index is 11.2. The van der Waals surface area contributed by atoms with Gasteiger partial charge in [0, 0.05) is 5.56 Å². The molecule has 1 aliphatic rings. The molecule has 0 unspecified atom stereocenters. The minimum absolute atomic E-state index is 0.0429.